The molecule has 26 heavy (non-hydrogen) atoms. The normalized spacial score (nSPS) is 15.8. The summed E-state index contributed by atoms with van der Waals surface area (Å²) in [6.45, 7) is 10.4. The molecule has 0 radical (unpaired) electrons. The Hall–Kier alpha value is -2.43. The van der Waals surface area contributed by atoms with Crippen LogP contribution in [0.2, 0.25) is 0 Å². The van der Waals surface area contributed by atoms with Crippen molar-refractivity contribution in [3.63, 3.8) is 0 Å². The van der Waals surface area contributed by atoms with Gasteiger partial charge in [0.15, 0.2) is 0 Å². The van der Waals surface area contributed by atoms with Crippen molar-refractivity contribution in [3.8, 4) is 0 Å². The highest BCUT2D eigenvalue weighted by Crippen LogP contribution is 2.31. The fraction of sp³-hybridized carbons (Fsp3) is 0.476. The van der Waals surface area contributed by atoms with Crippen molar-refractivity contribution in [1.82, 2.24) is 14.9 Å². The number of rotatable bonds is 3. The molecule has 2 aromatic rings. The number of nitrogens with zero attached hydrogens (tertiary/aromatic N) is 3. The number of hydrogen-bond donors (Lipinski definition) is 1. The lowest BCUT2D eigenvalue weighted by Gasteiger charge is -2.30. The monoisotopic (exact) mass is 352 g/mol. The quantitative estimate of drug-likeness (QED) is 0.890. The zero-order chi connectivity index (χ0) is 18.7. The Balaban J connectivity index is 1.79. The van der Waals surface area contributed by atoms with E-state index in [-0.39, 0.29) is 11.3 Å². The summed E-state index contributed by atoms with van der Waals surface area (Å²) in [5.74, 6) is 1.33. The van der Waals surface area contributed by atoms with Gasteiger partial charge in [-0.15, -0.1) is 0 Å². The van der Waals surface area contributed by atoms with E-state index in [1.54, 1.807) is 6.07 Å². The van der Waals surface area contributed by atoms with Crippen molar-refractivity contribution < 1.29 is 4.79 Å². The van der Waals surface area contributed by atoms with Crippen LogP contribution in [0.15, 0.2) is 36.7 Å². The van der Waals surface area contributed by atoms with Crippen molar-refractivity contribution in [2.75, 3.05) is 18.4 Å². The van der Waals surface area contributed by atoms with E-state index in [2.05, 4.69) is 49.0 Å². The van der Waals surface area contributed by atoms with Gasteiger partial charge in [-0.25, -0.2) is 9.97 Å². The van der Waals surface area contributed by atoms with E-state index >= 15 is 0 Å². The molecule has 1 amide bonds. The van der Waals surface area contributed by atoms with Crippen molar-refractivity contribution in [1.29, 1.82) is 0 Å². The zero-order valence-corrected chi connectivity index (χ0v) is 16.1. The van der Waals surface area contributed by atoms with Crippen LogP contribution in [0, 0.1) is 5.92 Å². The van der Waals surface area contributed by atoms with E-state index in [0.29, 0.717) is 17.4 Å². The molecule has 0 saturated carbocycles. The van der Waals surface area contributed by atoms with Gasteiger partial charge in [0.2, 0.25) is 0 Å². The number of nitrogens with one attached hydrogen (secondary N) is 1. The summed E-state index contributed by atoms with van der Waals surface area (Å²) in [6, 6.07) is 9.94. The van der Waals surface area contributed by atoms with Crippen LogP contribution in [0.5, 0.6) is 0 Å². The van der Waals surface area contributed by atoms with Gasteiger partial charge in [0.1, 0.15) is 17.8 Å². The van der Waals surface area contributed by atoms with Crippen LogP contribution in [0.25, 0.3) is 0 Å². The maximum atomic E-state index is 12.7. The van der Waals surface area contributed by atoms with E-state index in [4.69, 9.17) is 0 Å². The Morgan fingerprint density at radius 2 is 1.85 bits per heavy atom. The van der Waals surface area contributed by atoms with E-state index < -0.39 is 0 Å². The number of carbonyl (C=O) groups is 1. The maximum absolute atomic E-state index is 12.7. The molecule has 0 bridgehead atoms. The number of amides is 1. The second-order valence-corrected chi connectivity index (χ2v) is 8.18. The van der Waals surface area contributed by atoms with Crippen LogP contribution in [0.4, 0.5) is 11.5 Å². The van der Waals surface area contributed by atoms with Gasteiger partial charge in [-0.3, -0.25) is 4.79 Å². The first-order valence-electron chi connectivity index (χ1n) is 9.32. The molecule has 1 saturated heterocycles. The number of piperidine rings is 1. The Labute approximate surface area is 155 Å². The summed E-state index contributed by atoms with van der Waals surface area (Å²) in [5, 5.41) is 3.36. The molecule has 0 spiro atoms. The van der Waals surface area contributed by atoms with Crippen molar-refractivity contribution in [3.05, 3.63) is 47.9 Å². The zero-order valence-electron chi connectivity index (χ0n) is 16.1. The predicted molar refractivity (Wildman–Crippen MR) is 105 cm³/mol. The molecule has 0 atom stereocenters. The van der Waals surface area contributed by atoms with Gasteiger partial charge < -0.3 is 10.2 Å². The molecule has 3 rings (SSSR count). The number of aromatic nitrogens is 2. The third-order valence-electron chi connectivity index (χ3n) is 4.95. The van der Waals surface area contributed by atoms with E-state index in [0.717, 1.165) is 31.6 Å². The summed E-state index contributed by atoms with van der Waals surface area (Å²) in [4.78, 5) is 23.2. The topological polar surface area (TPSA) is 58.1 Å². The highest BCUT2D eigenvalue weighted by molar-refractivity contribution is 5.93. The number of benzene rings is 1. The molecule has 0 aliphatic carbocycles. The predicted octanol–water partition coefficient (Wildman–Crippen LogP) is 4.39. The second-order valence-electron chi connectivity index (χ2n) is 8.18. The van der Waals surface area contributed by atoms with Crippen LogP contribution in [0.3, 0.4) is 0 Å². The molecular formula is C21H28N4O. The average Bonchev–Trinajstić information content (AvgIpc) is 2.61. The van der Waals surface area contributed by atoms with E-state index in [9.17, 15) is 4.79 Å². The first-order chi connectivity index (χ1) is 12.3. The second kappa shape index (κ2) is 7.44. The minimum Gasteiger partial charge on any atom is -0.340 e. The summed E-state index contributed by atoms with van der Waals surface area (Å²) in [5.41, 5.74) is 2.67. The number of likely N-dealkylation sites (tertiary alicyclic amines) is 1. The molecule has 1 aliphatic heterocycles. The fourth-order valence-corrected chi connectivity index (χ4v) is 3.30. The van der Waals surface area contributed by atoms with Gasteiger partial charge >= 0.3 is 0 Å². The van der Waals surface area contributed by atoms with Gasteiger partial charge in [0.25, 0.3) is 5.91 Å². The van der Waals surface area contributed by atoms with E-state index in [1.807, 2.05) is 23.1 Å². The number of hydrogen-bond acceptors (Lipinski definition) is 4. The summed E-state index contributed by atoms with van der Waals surface area (Å²) >= 11 is 0. The lowest BCUT2D eigenvalue weighted by Crippen LogP contribution is -2.38. The molecule has 2 heterocycles. The Morgan fingerprint density at radius 1 is 1.15 bits per heavy atom. The molecular weight excluding hydrogens is 324 g/mol. The third kappa shape index (κ3) is 4.21. The first kappa shape index (κ1) is 18.4. The standard InChI is InChI=1S/C21H28N4O/c1-15-9-11-25(12-10-15)20(26)18-13-19(23-14-22-18)24-17-8-6-5-7-16(17)21(2,3)4/h5-8,13-15H,9-12H2,1-4H3,(H,22,23,24). The van der Waals surface area contributed by atoms with Crippen molar-refractivity contribution in [2.45, 2.75) is 46.0 Å². The molecule has 1 fully saturated rings. The van der Waals surface area contributed by atoms with Gasteiger partial charge in [-0.05, 0) is 35.8 Å². The summed E-state index contributed by atoms with van der Waals surface area (Å²) in [6.07, 6.45) is 3.57. The maximum Gasteiger partial charge on any atom is 0.272 e. The molecule has 5 nitrogen and oxygen atoms in total. The fourth-order valence-electron chi connectivity index (χ4n) is 3.30. The van der Waals surface area contributed by atoms with Gasteiger partial charge in [-0.1, -0.05) is 45.9 Å². The first-order valence-corrected chi connectivity index (χ1v) is 9.32. The lowest BCUT2D eigenvalue weighted by molar-refractivity contribution is 0.0691. The van der Waals surface area contributed by atoms with Crippen LogP contribution >= 0.6 is 0 Å². The van der Waals surface area contributed by atoms with Crippen LogP contribution in [-0.2, 0) is 5.41 Å². The average molecular weight is 352 g/mol. The molecule has 1 aliphatic rings. The minimum absolute atomic E-state index is 0.00791. The number of para-hydroxylation sites is 1. The summed E-state index contributed by atoms with van der Waals surface area (Å²) < 4.78 is 0. The molecule has 5 heteroatoms. The SMILES string of the molecule is CC1CCN(C(=O)c2cc(Nc3ccccc3C(C)(C)C)ncn2)CC1. The van der Waals surface area contributed by atoms with Gasteiger partial charge in [-0.2, -0.15) is 0 Å². The molecule has 1 N–H and O–H groups in total. The van der Waals surface area contributed by atoms with Gasteiger partial charge in [0, 0.05) is 24.8 Å². The number of anilines is 2. The van der Waals surface area contributed by atoms with Crippen LogP contribution < -0.4 is 5.32 Å². The Bertz CT molecular complexity index is 774. The summed E-state index contributed by atoms with van der Waals surface area (Å²) in [7, 11) is 0. The lowest BCUT2D eigenvalue weighted by atomic mass is 9.86. The van der Waals surface area contributed by atoms with Crippen LogP contribution in [-0.4, -0.2) is 33.9 Å². The molecule has 0 unspecified atom stereocenters. The molecule has 1 aromatic heterocycles. The molecule has 138 valence electrons. The van der Waals surface area contributed by atoms with Gasteiger partial charge in [0.05, 0.1) is 0 Å². The Kier molecular flexibility index (Phi) is 5.25. The van der Waals surface area contributed by atoms with Crippen LogP contribution in [0.1, 0.15) is 56.6 Å². The van der Waals surface area contributed by atoms with E-state index in [1.165, 1.54) is 11.9 Å². The largest absolute Gasteiger partial charge is 0.340 e. The highest BCUT2D eigenvalue weighted by Gasteiger charge is 2.23. The Morgan fingerprint density at radius 3 is 2.54 bits per heavy atom. The third-order valence-corrected chi connectivity index (χ3v) is 4.95. The molecule has 1 aromatic carbocycles. The van der Waals surface area contributed by atoms with Crippen molar-refractivity contribution in [2.24, 2.45) is 5.92 Å². The smallest absolute Gasteiger partial charge is 0.272 e. The highest BCUT2D eigenvalue weighted by atomic mass is 16.2. The number of carbonyl (C=O) groups excluding carboxylic acids is 1. The minimum atomic E-state index is -0.00791. The van der Waals surface area contributed by atoms with Crippen molar-refractivity contribution >= 4 is 17.4 Å².